The van der Waals surface area contributed by atoms with Crippen LogP contribution in [0, 0.1) is 0 Å². The van der Waals surface area contributed by atoms with Gasteiger partial charge >= 0.3 is 0 Å². The summed E-state index contributed by atoms with van der Waals surface area (Å²) in [5.74, 6) is 1.41. The highest BCUT2D eigenvalue weighted by molar-refractivity contribution is 7.99. The Morgan fingerprint density at radius 2 is 2.18 bits per heavy atom. The zero-order valence-electron chi connectivity index (χ0n) is 15.5. The predicted octanol–water partition coefficient (Wildman–Crippen LogP) is 1.05. The van der Waals surface area contributed by atoms with E-state index < -0.39 is 11.2 Å². The number of carbonyl (C=O) groups excluding carboxylic acids is 1. The Hall–Kier alpha value is -1.88. The largest absolute Gasteiger partial charge is 0.461 e. The van der Waals surface area contributed by atoms with Gasteiger partial charge in [-0.3, -0.25) is 9.89 Å². The molecule has 4 rings (SSSR count). The molecule has 9 nitrogen and oxygen atoms in total. The van der Waals surface area contributed by atoms with Crippen LogP contribution in [0.1, 0.15) is 25.7 Å². The van der Waals surface area contributed by atoms with E-state index in [1.54, 1.807) is 18.4 Å². The van der Waals surface area contributed by atoms with Crippen molar-refractivity contribution in [3.63, 3.8) is 0 Å². The van der Waals surface area contributed by atoms with Gasteiger partial charge in [-0.2, -0.15) is 4.98 Å². The third-order valence-corrected chi connectivity index (χ3v) is 6.32. The molecule has 4 heterocycles. The van der Waals surface area contributed by atoms with E-state index in [2.05, 4.69) is 15.2 Å². The Balaban J connectivity index is 1.28. The first-order chi connectivity index (χ1) is 13.5. The first-order valence-corrected chi connectivity index (χ1v) is 10.3. The fourth-order valence-electron chi connectivity index (χ4n) is 3.87. The van der Waals surface area contributed by atoms with Gasteiger partial charge in [0.25, 0.3) is 0 Å². The fraction of sp³-hybridized carbons (Fsp3) is 0.611. The summed E-state index contributed by atoms with van der Waals surface area (Å²) in [4.78, 5) is 18.7. The predicted molar refractivity (Wildman–Crippen MR) is 101 cm³/mol. The number of aliphatic hydroxyl groups excluding tert-OH is 1. The molecule has 28 heavy (non-hydrogen) atoms. The lowest BCUT2D eigenvalue weighted by Crippen LogP contribution is -2.56. The molecule has 0 bridgehead atoms. The second-order valence-corrected chi connectivity index (χ2v) is 8.40. The van der Waals surface area contributed by atoms with Crippen molar-refractivity contribution in [1.82, 2.24) is 20.1 Å². The normalized spacial score (nSPS) is 24.6. The quantitative estimate of drug-likeness (QED) is 0.627. The highest BCUT2D eigenvalue weighted by Gasteiger charge is 2.46. The molecule has 0 radical (unpaired) electrons. The van der Waals surface area contributed by atoms with Crippen molar-refractivity contribution in [3.05, 3.63) is 18.4 Å². The summed E-state index contributed by atoms with van der Waals surface area (Å²) in [5.41, 5.74) is -1.51. The van der Waals surface area contributed by atoms with Crippen molar-refractivity contribution in [3.8, 4) is 11.6 Å². The SMILES string of the molecule is O=C(CSc1n[nH]c(-c2ccco2)n1)N1CCC2(CC1)CC(O)(CO)CCO2. The molecule has 0 aliphatic carbocycles. The number of thioether (sulfide) groups is 1. The average Bonchev–Trinajstić information content (AvgIpc) is 3.38. The Morgan fingerprint density at radius 1 is 1.36 bits per heavy atom. The van der Waals surface area contributed by atoms with Gasteiger partial charge in [0.2, 0.25) is 11.1 Å². The summed E-state index contributed by atoms with van der Waals surface area (Å²) in [5, 5.41) is 27.3. The van der Waals surface area contributed by atoms with Crippen molar-refractivity contribution in [2.24, 2.45) is 0 Å². The van der Waals surface area contributed by atoms with E-state index in [4.69, 9.17) is 9.15 Å². The molecule has 0 saturated carbocycles. The van der Waals surface area contributed by atoms with E-state index >= 15 is 0 Å². The molecule has 1 unspecified atom stereocenters. The molecule has 1 atom stereocenters. The van der Waals surface area contributed by atoms with Gasteiger partial charge in [-0.25, -0.2) is 0 Å². The van der Waals surface area contributed by atoms with E-state index in [9.17, 15) is 15.0 Å². The maximum atomic E-state index is 12.6. The number of piperidine rings is 1. The number of hydrogen-bond donors (Lipinski definition) is 3. The fourth-order valence-corrected chi connectivity index (χ4v) is 4.57. The van der Waals surface area contributed by atoms with E-state index in [1.165, 1.54) is 11.8 Å². The van der Waals surface area contributed by atoms with Crippen LogP contribution >= 0.6 is 11.8 Å². The number of hydrogen-bond acceptors (Lipinski definition) is 8. The number of nitrogens with one attached hydrogen (secondary N) is 1. The number of aromatic amines is 1. The molecule has 2 aliphatic rings. The standard InChI is InChI=1S/C18H24N4O5S/c23-12-17(25)5-9-27-18(11-17)3-6-22(7-4-18)14(24)10-28-16-19-15(20-21-16)13-2-1-8-26-13/h1-2,8,23,25H,3-7,9-12H2,(H,19,20,21). The molecule has 1 amide bonds. The zero-order chi connectivity index (χ0) is 19.6. The Bertz CT molecular complexity index is 803. The van der Waals surface area contributed by atoms with E-state index in [0.717, 1.165) is 0 Å². The minimum absolute atomic E-state index is 0.0254. The lowest BCUT2D eigenvalue weighted by molar-refractivity contribution is -0.189. The Labute approximate surface area is 166 Å². The van der Waals surface area contributed by atoms with Crippen LogP contribution in [-0.2, 0) is 9.53 Å². The van der Waals surface area contributed by atoms with Gasteiger partial charge in [-0.15, -0.1) is 5.10 Å². The van der Waals surface area contributed by atoms with Crippen LogP contribution in [0.25, 0.3) is 11.6 Å². The molecule has 3 N–H and O–H groups in total. The number of rotatable bonds is 5. The third-order valence-electron chi connectivity index (χ3n) is 5.49. The van der Waals surface area contributed by atoms with Crippen LogP contribution in [0.2, 0.25) is 0 Å². The van der Waals surface area contributed by atoms with Crippen LogP contribution in [0.3, 0.4) is 0 Å². The van der Waals surface area contributed by atoms with Gasteiger partial charge in [0, 0.05) is 25.9 Å². The lowest BCUT2D eigenvalue weighted by atomic mass is 9.77. The van der Waals surface area contributed by atoms with Crippen molar-refractivity contribution in [2.75, 3.05) is 32.1 Å². The Morgan fingerprint density at radius 3 is 2.89 bits per heavy atom. The smallest absolute Gasteiger partial charge is 0.233 e. The molecular formula is C18H24N4O5S. The lowest BCUT2D eigenvalue weighted by Gasteiger charge is -2.48. The van der Waals surface area contributed by atoms with Crippen LogP contribution < -0.4 is 0 Å². The van der Waals surface area contributed by atoms with Gasteiger partial charge in [-0.1, -0.05) is 11.8 Å². The van der Waals surface area contributed by atoms with Gasteiger partial charge < -0.3 is 24.3 Å². The molecular weight excluding hydrogens is 384 g/mol. The molecule has 10 heteroatoms. The summed E-state index contributed by atoms with van der Waals surface area (Å²) >= 11 is 1.28. The van der Waals surface area contributed by atoms with Crippen molar-refractivity contribution in [1.29, 1.82) is 0 Å². The second-order valence-electron chi connectivity index (χ2n) is 7.45. The highest BCUT2D eigenvalue weighted by Crippen LogP contribution is 2.39. The summed E-state index contributed by atoms with van der Waals surface area (Å²) in [6.45, 7) is 1.33. The number of carbonyl (C=O) groups is 1. The van der Waals surface area contributed by atoms with Crippen LogP contribution in [0.4, 0.5) is 0 Å². The third kappa shape index (κ3) is 4.09. The average molecular weight is 408 g/mol. The van der Waals surface area contributed by atoms with Gasteiger partial charge in [0.05, 0.1) is 36.4 Å². The number of aliphatic hydroxyl groups is 2. The number of aromatic nitrogens is 3. The summed E-state index contributed by atoms with van der Waals surface area (Å²) in [6, 6.07) is 3.56. The first kappa shape index (κ1) is 19.4. The molecule has 2 fully saturated rings. The maximum Gasteiger partial charge on any atom is 0.233 e. The van der Waals surface area contributed by atoms with Crippen LogP contribution in [0.15, 0.2) is 28.0 Å². The van der Waals surface area contributed by atoms with Crippen molar-refractivity contribution in [2.45, 2.75) is 42.0 Å². The topological polar surface area (TPSA) is 125 Å². The summed E-state index contributed by atoms with van der Waals surface area (Å²) in [6.07, 6.45) is 3.75. The first-order valence-electron chi connectivity index (χ1n) is 9.35. The maximum absolute atomic E-state index is 12.6. The van der Waals surface area contributed by atoms with E-state index in [0.29, 0.717) is 62.1 Å². The minimum atomic E-state index is -1.07. The number of H-pyrrole nitrogens is 1. The number of amides is 1. The van der Waals surface area contributed by atoms with Crippen molar-refractivity contribution >= 4 is 17.7 Å². The van der Waals surface area contributed by atoms with Gasteiger partial charge in [0.15, 0.2) is 11.6 Å². The van der Waals surface area contributed by atoms with E-state index in [-0.39, 0.29) is 18.3 Å². The number of nitrogens with zero attached hydrogens (tertiary/aromatic N) is 3. The van der Waals surface area contributed by atoms with Crippen LogP contribution in [-0.4, -0.2) is 79.5 Å². The van der Waals surface area contributed by atoms with Gasteiger partial charge in [0.1, 0.15) is 0 Å². The molecule has 152 valence electrons. The van der Waals surface area contributed by atoms with Gasteiger partial charge in [-0.05, 0) is 25.0 Å². The molecule has 1 spiro atoms. The molecule has 2 saturated heterocycles. The summed E-state index contributed by atoms with van der Waals surface area (Å²) in [7, 11) is 0. The highest BCUT2D eigenvalue weighted by atomic mass is 32.2. The molecule has 2 aliphatic heterocycles. The monoisotopic (exact) mass is 408 g/mol. The van der Waals surface area contributed by atoms with E-state index in [1.807, 2.05) is 4.90 Å². The second kappa shape index (κ2) is 7.86. The molecule has 2 aromatic heterocycles. The minimum Gasteiger partial charge on any atom is -0.461 e. The summed E-state index contributed by atoms with van der Waals surface area (Å²) < 4.78 is 11.2. The number of furan rings is 1. The zero-order valence-corrected chi connectivity index (χ0v) is 16.3. The molecule has 2 aromatic rings. The number of likely N-dealkylation sites (tertiary alicyclic amines) is 1. The Kier molecular flexibility index (Phi) is 5.46. The molecule has 0 aromatic carbocycles. The number of ether oxygens (including phenoxy) is 1. The van der Waals surface area contributed by atoms with Crippen LogP contribution in [0.5, 0.6) is 0 Å². The van der Waals surface area contributed by atoms with Crippen molar-refractivity contribution < 1.29 is 24.2 Å².